The van der Waals surface area contributed by atoms with Gasteiger partial charge in [0.15, 0.2) is 0 Å². The quantitative estimate of drug-likeness (QED) is 0.560. The van der Waals surface area contributed by atoms with Crippen LogP contribution in [0.25, 0.3) is 0 Å². The van der Waals surface area contributed by atoms with Crippen LogP contribution in [-0.4, -0.2) is 60.2 Å². The summed E-state index contributed by atoms with van der Waals surface area (Å²) in [7, 11) is 1.54. The first-order chi connectivity index (χ1) is 16.0. The average molecular weight is 452 g/mol. The number of carbonyl (C=O) groups is 3. The molecule has 1 aliphatic heterocycles. The highest BCUT2D eigenvalue weighted by Crippen LogP contribution is 2.41. The number of aliphatic hydroxyl groups is 1. The molecule has 0 unspecified atom stereocenters. The van der Waals surface area contributed by atoms with Gasteiger partial charge in [0.25, 0.3) is 11.8 Å². The minimum atomic E-state index is -0.863. The van der Waals surface area contributed by atoms with Crippen molar-refractivity contribution >= 4 is 17.8 Å². The number of hydrogen-bond donors (Lipinski definition) is 3. The van der Waals surface area contributed by atoms with Gasteiger partial charge in [0.1, 0.15) is 11.8 Å². The van der Waals surface area contributed by atoms with Gasteiger partial charge in [-0.1, -0.05) is 42.5 Å². The Kier molecular flexibility index (Phi) is 6.65. The summed E-state index contributed by atoms with van der Waals surface area (Å²) in [6.45, 7) is 0.0246. The van der Waals surface area contributed by atoms with Crippen molar-refractivity contribution in [3.63, 3.8) is 0 Å². The summed E-state index contributed by atoms with van der Waals surface area (Å²) in [5, 5.41) is 15.0. The van der Waals surface area contributed by atoms with Crippen LogP contribution in [0.5, 0.6) is 5.75 Å². The maximum Gasteiger partial charge on any atom is 0.325 e. The third-order valence-corrected chi connectivity index (χ3v) is 6.84. The molecule has 8 heteroatoms. The Hall–Kier alpha value is -3.39. The molecule has 0 aromatic heterocycles. The summed E-state index contributed by atoms with van der Waals surface area (Å²) in [6, 6.07) is 15.6. The number of rotatable bonds is 7. The molecule has 33 heavy (non-hydrogen) atoms. The van der Waals surface area contributed by atoms with Crippen molar-refractivity contribution in [2.45, 2.75) is 43.2 Å². The number of ether oxygens (including phenoxy) is 1. The van der Waals surface area contributed by atoms with Crippen molar-refractivity contribution < 1.29 is 24.2 Å². The van der Waals surface area contributed by atoms with Gasteiger partial charge in [0.05, 0.1) is 19.3 Å². The van der Waals surface area contributed by atoms with Crippen molar-refractivity contribution in [3.8, 4) is 5.75 Å². The lowest BCUT2D eigenvalue weighted by Crippen LogP contribution is -2.49. The van der Waals surface area contributed by atoms with Gasteiger partial charge in [-0.2, -0.15) is 0 Å². The molecule has 2 aromatic carbocycles. The van der Waals surface area contributed by atoms with E-state index in [1.54, 1.807) is 18.2 Å². The molecule has 4 amide bonds. The maximum absolute atomic E-state index is 12.9. The Morgan fingerprint density at radius 2 is 1.79 bits per heavy atom. The van der Waals surface area contributed by atoms with Crippen LogP contribution < -0.4 is 15.4 Å². The van der Waals surface area contributed by atoms with E-state index in [1.807, 2.05) is 24.3 Å². The summed E-state index contributed by atoms with van der Waals surface area (Å²) < 4.78 is 5.32. The fourth-order valence-corrected chi connectivity index (χ4v) is 4.97. The minimum Gasteiger partial charge on any atom is -0.496 e. The molecule has 2 fully saturated rings. The molecule has 3 N–H and O–H groups in total. The van der Waals surface area contributed by atoms with Crippen LogP contribution >= 0.6 is 0 Å². The number of imide groups is 1. The van der Waals surface area contributed by atoms with Crippen molar-refractivity contribution in [3.05, 3.63) is 65.7 Å². The normalized spacial score (nSPS) is 25.0. The number of para-hydroxylation sites is 1. The van der Waals surface area contributed by atoms with Gasteiger partial charge >= 0.3 is 6.03 Å². The molecule has 8 nitrogen and oxygen atoms in total. The molecular formula is C25H29N3O5. The zero-order valence-corrected chi connectivity index (χ0v) is 18.6. The number of nitrogens with one attached hydrogen (secondary N) is 2. The molecule has 0 radical (unpaired) electrons. The van der Waals surface area contributed by atoms with E-state index in [1.165, 1.54) is 12.0 Å². The Balaban J connectivity index is 1.51. The molecule has 1 aliphatic carbocycles. The number of aliphatic hydroxyl groups excluding tert-OH is 1. The van der Waals surface area contributed by atoms with Gasteiger partial charge in [-0.15, -0.1) is 0 Å². The number of carbonyl (C=O) groups excluding carboxylic acids is 3. The van der Waals surface area contributed by atoms with Gasteiger partial charge in [-0.3, -0.25) is 14.5 Å². The molecular weight excluding hydrogens is 422 g/mol. The predicted molar refractivity (Wildman–Crippen MR) is 122 cm³/mol. The summed E-state index contributed by atoms with van der Waals surface area (Å²) in [5.41, 5.74) is 1.28. The maximum atomic E-state index is 12.9. The highest BCUT2D eigenvalue weighted by atomic mass is 16.5. The van der Waals surface area contributed by atoms with Crippen molar-refractivity contribution in [1.29, 1.82) is 0 Å². The number of amides is 4. The molecule has 1 atom stereocenters. The van der Waals surface area contributed by atoms with Crippen LogP contribution in [0.3, 0.4) is 0 Å². The first kappa shape index (κ1) is 22.8. The predicted octanol–water partition coefficient (Wildman–Crippen LogP) is 2.22. The Morgan fingerprint density at radius 3 is 2.42 bits per heavy atom. The van der Waals surface area contributed by atoms with E-state index in [4.69, 9.17) is 4.74 Å². The van der Waals surface area contributed by atoms with Crippen molar-refractivity contribution in [2.24, 2.45) is 0 Å². The fraction of sp³-hybridized carbons (Fsp3) is 0.400. The Labute approximate surface area is 192 Å². The number of urea groups is 1. The van der Waals surface area contributed by atoms with Crippen molar-refractivity contribution in [1.82, 2.24) is 15.5 Å². The van der Waals surface area contributed by atoms with Gasteiger partial charge < -0.3 is 20.5 Å². The molecule has 2 aromatic rings. The van der Waals surface area contributed by atoms with Crippen LogP contribution in [0, 0.1) is 0 Å². The van der Waals surface area contributed by atoms with E-state index in [9.17, 15) is 19.5 Å². The lowest BCUT2D eigenvalue weighted by Gasteiger charge is -2.42. The third-order valence-electron chi connectivity index (χ3n) is 6.84. The van der Waals surface area contributed by atoms with Crippen LogP contribution in [0.2, 0.25) is 0 Å². The summed E-state index contributed by atoms with van der Waals surface area (Å²) in [4.78, 5) is 39.1. The SMILES string of the molecule is COc1ccccc1C(=O)NCC1(c2ccccc2)CCC(N2C(=O)N[C@@H](CO)C2=O)CC1. The van der Waals surface area contributed by atoms with Crippen LogP contribution in [0.1, 0.15) is 41.6 Å². The second kappa shape index (κ2) is 9.62. The molecule has 174 valence electrons. The van der Waals surface area contributed by atoms with Crippen LogP contribution in [-0.2, 0) is 10.2 Å². The van der Waals surface area contributed by atoms with E-state index in [-0.39, 0.29) is 23.3 Å². The lowest BCUT2D eigenvalue weighted by molar-refractivity contribution is -0.130. The Bertz CT molecular complexity index is 1020. The fourth-order valence-electron chi connectivity index (χ4n) is 4.97. The van der Waals surface area contributed by atoms with Gasteiger partial charge in [0.2, 0.25) is 0 Å². The van der Waals surface area contributed by atoms with E-state index < -0.39 is 18.7 Å². The summed E-state index contributed by atoms with van der Waals surface area (Å²) in [6.07, 6.45) is 2.65. The second-order valence-corrected chi connectivity index (χ2v) is 8.65. The summed E-state index contributed by atoms with van der Waals surface area (Å²) in [5.74, 6) is -0.0570. The first-order valence-electron chi connectivity index (χ1n) is 11.2. The number of methoxy groups -OCH3 is 1. The third kappa shape index (κ3) is 4.43. The van der Waals surface area contributed by atoms with Crippen molar-refractivity contribution in [2.75, 3.05) is 20.3 Å². The van der Waals surface area contributed by atoms with E-state index in [2.05, 4.69) is 22.8 Å². The smallest absolute Gasteiger partial charge is 0.325 e. The number of hydrogen-bond acceptors (Lipinski definition) is 5. The zero-order valence-electron chi connectivity index (χ0n) is 18.6. The molecule has 1 saturated carbocycles. The largest absolute Gasteiger partial charge is 0.496 e. The van der Waals surface area contributed by atoms with Crippen LogP contribution in [0.15, 0.2) is 54.6 Å². The highest BCUT2D eigenvalue weighted by molar-refractivity contribution is 6.04. The topological polar surface area (TPSA) is 108 Å². The molecule has 0 bridgehead atoms. The molecule has 2 aliphatic rings. The first-order valence-corrected chi connectivity index (χ1v) is 11.2. The standard InChI is InChI=1S/C25H29N3O5/c1-33-21-10-6-5-9-19(21)22(30)26-16-25(17-7-3-2-4-8-17)13-11-18(12-14-25)28-23(31)20(15-29)27-24(28)32/h2-10,18,20,29H,11-16H2,1H3,(H,26,30)(H,27,32)/t18?,20-,25?/m0/s1. The van der Waals surface area contributed by atoms with Gasteiger partial charge in [-0.25, -0.2) is 4.79 Å². The molecule has 1 saturated heterocycles. The lowest BCUT2D eigenvalue weighted by atomic mass is 9.68. The van der Waals surface area contributed by atoms with Crippen LogP contribution in [0.4, 0.5) is 4.79 Å². The van der Waals surface area contributed by atoms with E-state index in [0.29, 0.717) is 43.5 Å². The highest BCUT2D eigenvalue weighted by Gasteiger charge is 2.45. The average Bonchev–Trinajstić information content (AvgIpc) is 3.16. The Morgan fingerprint density at radius 1 is 1.12 bits per heavy atom. The monoisotopic (exact) mass is 451 g/mol. The molecule has 4 rings (SSSR count). The number of nitrogens with zero attached hydrogens (tertiary/aromatic N) is 1. The number of benzene rings is 2. The zero-order chi connectivity index (χ0) is 23.4. The molecule has 0 spiro atoms. The molecule has 1 heterocycles. The van der Waals surface area contributed by atoms with Gasteiger partial charge in [-0.05, 0) is 43.4 Å². The van der Waals surface area contributed by atoms with Gasteiger partial charge in [0, 0.05) is 18.0 Å². The van der Waals surface area contributed by atoms with E-state index >= 15 is 0 Å². The second-order valence-electron chi connectivity index (χ2n) is 8.65. The summed E-state index contributed by atoms with van der Waals surface area (Å²) >= 11 is 0. The van der Waals surface area contributed by atoms with E-state index in [0.717, 1.165) is 5.56 Å². The minimum absolute atomic E-state index is 0.204.